The maximum atomic E-state index is 13.3. The van der Waals surface area contributed by atoms with Gasteiger partial charge in [-0.1, -0.05) is 6.42 Å². The van der Waals surface area contributed by atoms with Crippen molar-refractivity contribution in [3.63, 3.8) is 0 Å². The van der Waals surface area contributed by atoms with Crippen molar-refractivity contribution in [2.45, 2.75) is 44.1 Å². The molecule has 0 aliphatic carbocycles. The van der Waals surface area contributed by atoms with Gasteiger partial charge in [-0.3, -0.25) is 9.48 Å². The molecule has 138 valence electrons. The largest absolute Gasteiger partial charge is 0.338 e. The average molecular weight is 345 g/mol. The van der Waals surface area contributed by atoms with Gasteiger partial charge in [0.15, 0.2) is 0 Å². The number of aryl methyl sites for hydroxylation is 1. The molecule has 6 nitrogen and oxygen atoms in total. The van der Waals surface area contributed by atoms with E-state index in [0.29, 0.717) is 11.9 Å². The van der Waals surface area contributed by atoms with Gasteiger partial charge in [0.1, 0.15) is 0 Å². The summed E-state index contributed by atoms with van der Waals surface area (Å²) in [5.74, 6) is 0.682. The summed E-state index contributed by atoms with van der Waals surface area (Å²) in [6.07, 6.45) is 10.3. The van der Waals surface area contributed by atoms with E-state index in [9.17, 15) is 4.79 Å². The van der Waals surface area contributed by atoms with Crippen molar-refractivity contribution in [1.29, 1.82) is 0 Å². The molecule has 3 saturated heterocycles. The first-order chi connectivity index (χ1) is 12.2. The number of carbonyl (C=O) groups is 1. The number of rotatable bonds is 4. The molecule has 3 fully saturated rings. The van der Waals surface area contributed by atoms with Gasteiger partial charge in [0, 0.05) is 51.4 Å². The third-order valence-corrected chi connectivity index (χ3v) is 6.26. The maximum absolute atomic E-state index is 13.3. The fourth-order valence-corrected chi connectivity index (χ4v) is 4.89. The van der Waals surface area contributed by atoms with Gasteiger partial charge < -0.3 is 15.1 Å². The van der Waals surface area contributed by atoms with Crippen molar-refractivity contribution in [2.75, 3.05) is 39.3 Å². The fourth-order valence-electron chi connectivity index (χ4n) is 4.89. The molecular weight excluding hydrogens is 314 g/mol. The monoisotopic (exact) mass is 345 g/mol. The van der Waals surface area contributed by atoms with Crippen molar-refractivity contribution in [3.8, 4) is 0 Å². The van der Waals surface area contributed by atoms with E-state index >= 15 is 0 Å². The Labute approximate surface area is 150 Å². The smallest absolute Gasteiger partial charge is 0.227 e. The van der Waals surface area contributed by atoms with E-state index in [1.807, 2.05) is 17.9 Å². The van der Waals surface area contributed by atoms with Crippen LogP contribution in [0.4, 0.5) is 0 Å². The van der Waals surface area contributed by atoms with Crippen LogP contribution >= 0.6 is 0 Å². The summed E-state index contributed by atoms with van der Waals surface area (Å²) >= 11 is 0. The molecule has 0 aromatic carbocycles. The highest BCUT2D eigenvalue weighted by molar-refractivity contribution is 5.81. The summed E-state index contributed by atoms with van der Waals surface area (Å²) in [7, 11) is 1.94. The molecule has 25 heavy (non-hydrogen) atoms. The highest BCUT2D eigenvalue weighted by atomic mass is 16.2. The van der Waals surface area contributed by atoms with Gasteiger partial charge in [0.25, 0.3) is 0 Å². The fraction of sp³-hybridized carbons (Fsp3) is 0.789. The zero-order chi connectivity index (χ0) is 17.2. The van der Waals surface area contributed by atoms with Crippen LogP contribution < -0.4 is 5.32 Å². The average Bonchev–Trinajstić information content (AvgIpc) is 3.35. The number of amides is 1. The lowest BCUT2D eigenvalue weighted by Crippen LogP contribution is -2.47. The molecule has 6 heteroatoms. The van der Waals surface area contributed by atoms with Gasteiger partial charge in [0.2, 0.25) is 5.91 Å². The summed E-state index contributed by atoms with van der Waals surface area (Å²) in [5, 5.41) is 7.74. The third kappa shape index (κ3) is 3.60. The van der Waals surface area contributed by atoms with E-state index in [0.717, 1.165) is 32.6 Å². The van der Waals surface area contributed by atoms with E-state index in [1.54, 1.807) is 0 Å². The lowest BCUT2D eigenvalue weighted by molar-refractivity contribution is -0.136. The molecule has 0 spiro atoms. The molecule has 0 radical (unpaired) electrons. The Morgan fingerprint density at radius 1 is 1.20 bits per heavy atom. The summed E-state index contributed by atoms with van der Waals surface area (Å²) in [6.45, 7) is 6.11. The van der Waals surface area contributed by atoms with Crippen LogP contribution in [0.2, 0.25) is 0 Å². The number of nitrogens with zero attached hydrogens (tertiary/aromatic N) is 4. The normalized spacial score (nSPS) is 30.9. The molecule has 1 N–H and O–H groups in total. The minimum Gasteiger partial charge on any atom is -0.338 e. The van der Waals surface area contributed by atoms with E-state index in [4.69, 9.17) is 0 Å². The van der Waals surface area contributed by atoms with Gasteiger partial charge in [-0.25, -0.2) is 0 Å². The zero-order valence-electron chi connectivity index (χ0n) is 15.4. The molecular formula is C19H31N5O. The number of likely N-dealkylation sites (tertiary alicyclic amines) is 2. The standard InChI is InChI=1S/C19H31N5O/c1-22-13-15(10-21-22)17-11-20-12-18(17)19(25)24-9-5-6-16(24)14-23-7-3-2-4-8-23/h10,13,16-18,20H,2-9,11-12,14H2,1H3/t16?,17-,18+/m1/s1. The molecule has 3 aliphatic rings. The summed E-state index contributed by atoms with van der Waals surface area (Å²) in [6, 6.07) is 0.417. The van der Waals surface area contributed by atoms with Crippen molar-refractivity contribution < 1.29 is 4.79 Å². The first-order valence-electron chi connectivity index (χ1n) is 9.94. The van der Waals surface area contributed by atoms with E-state index in [2.05, 4.69) is 26.4 Å². The minimum absolute atomic E-state index is 0.0613. The first-order valence-corrected chi connectivity index (χ1v) is 9.94. The summed E-state index contributed by atoms with van der Waals surface area (Å²) in [4.78, 5) is 18.1. The second-order valence-corrected chi connectivity index (χ2v) is 8.01. The van der Waals surface area contributed by atoms with Crippen LogP contribution in [0, 0.1) is 5.92 Å². The van der Waals surface area contributed by atoms with Crippen LogP contribution in [-0.4, -0.2) is 70.8 Å². The number of piperidine rings is 1. The molecule has 4 rings (SSSR count). The molecule has 1 aromatic rings. The van der Waals surface area contributed by atoms with Crippen LogP contribution in [-0.2, 0) is 11.8 Å². The van der Waals surface area contributed by atoms with Crippen LogP contribution in [0.3, 0.4) is 0 Å². The summed E-state index contributed by atoms with van der Waals surface area (Å²) in [5.41, 5.74) is 1.19. The number of hydrogen-bond donors (Lipinski definition) is 1. The van der Waals surface area contributed by atoms with Crippen molar-refractivity contribution >= 4 is 5.91 Å². The van der Waals surface area contributed by atoms with Crippen LogP contribution in [0.25, 0.3) is 0 Å². The van der Waals surface area contributed by atoms with Crippen molar-refractivity contribution in [1.82, 2.24) is 24.9 Å². The van der Waals surface area contributed by atoms with E-state index in [-0.39, 0.29) is 11.8 Å². The summed E-state index contributed by atoms with van der Waals surface area (Å²) < 4.78 is 1.84. The molecule has 3 atom stereocenters. The van der Waals surface area contributed by atoms with Crippen molar-refractivity contribution in [3.05, 3.63) is 18.0 Å². The third-order valence-electron chi connectivity index (χ3n) is 6.26. The van der Waals surface area contributed by atoms with Gasteiger partial charge >= 0.3 is 0 Å². The zero-order valence-corrected chi connectivity index (χ0v) is 15.4. The predicted octanol–water partition coefficient (Wildman–Crippen LogP) is 1.20. The Hall–Kier alpha value is -1.40. The van der Waals surface area contributed by atoms with E-state index in [1.165, 1.54) is 44.3 Å². The highest BCUT2D eigenvalue weighted by Crippen LogP contribution is 2.32. The van der Waals surface area contributed by atoms with Gasteiger partial charge in [0.05, 0.1) is 12.1 Å². The Kier molecular flexibility index (Phi) is 5.08. The number of aromatic nitrogens is 2. The van der Waals surface area contributed by atoms with Crippen LogP contribution in [0.1, 0.15) is 43.6 Å². The molecule has 1 unspecified atom stereocenters. The quantitative estimate of drug-likeness (QED) is 0.891. The Bertz CT molecular complexity index is 594. The lowest BCUT2D eigenvalue weighted by Gasteiger charge is -2.34. The molecule has 1 amide bonds. The molecule has 0 bridgehead atoms. The lowest BCUT2D eigenvalue weighted by atomic mass is 9.89. The number of hydrogen-bond acceptors (Lipinski definition) is 4. The SMILES string of the molecule is Cn1cc([C@H]2CNC[C@@H]2C(=O)N2CCCC2CN2CCCCC2)cn1. The van der Waals surface area contributed by atoms with Gasteiger partial charge in [-0.15, -0.1) is 0 Å². The molecule has 4 heterocycles. The molecule has 0 saturated carbocycles. The van der Waals surface area contributed by atoms with Crippen LogP contribution in [0.15, 0.2) is 12.4 Å². The van der Waals surface area contributed by atoms with Gasteiger partial charge in [-0.2, -0.15) is 5.10 Å². The van der Waals surface area contributed by atoms with Crippen LogP contribution in [0.5, 0.6) is 0 Å². The Balaban J connectivity index is 1.43. The second-order valence-electron chi connectivity index (χ2n) is 8.01. The Morgan fingerprint density at radius 3 is 2.80 bits per heavy atom. The second kappa shape index (κ2) is 7.46. The topological polar surface area (TPSA) is 53.4 Å². The van der Waals surface area contributed by atoms with Gasteiger partial charge in [-0.05, 0) is 44.3 Å². The predicted molar refractivity (Wildman–Crippen MR) is 97.3 cm³/mol. The molecule has 1 aromatic heterocycles. The Morgan fingerprint density at radius 2 is 2.04 bits per heavy atom. The van der Waals surface area contributed by atoms with Crippen molar-refractivity contribution in [2.24, 2.45) is 13.0 Å². The molecule has 3 aliphatic heterocycles. The maximum Gasteiger partial charge on any atom is 0.227 e. The number of nitrogens with one attached hydrogen (secondary N) is 1. The first kappa shape index (κ1) is 17.0. The van der Waals surface area contributed by atoms with E-state index < -0.39 is 0 Å². The minimum atomic E-state index is 0.0613. The number of carbonyl (C=O) groups excluding carboxylic acids is 1. The highest BCUT2D eigenvalue weighted by Gasteiger charge is 2.40.